The number of aryl methyl sites for hydroxylation is 1. The van der Waals surface area contributed by atoms with Gasteiger partial charge in [-0.15, -0.1) is 10.2 Å². The summed E-state index contributed by atoms with van der Waals surface area (Å²) < 4.78 is 18.3. The van der Waals surface area contributed by atoms with E-state index in [9.17, 15) is 0 Å². The maximum atomic E-state index is 5.52. The van der Waals surface area contributed by atoms with Gasteiger partial charge in [0.15, 0.2) is 22.5 Å². The summed E-state index contributed by atoms with van der Waals surface area (Å²) in [5.41, 5.74) is 3.91. The molecule has 0 amide bonds. The van der Waals surface area contributed by atoms with Gasteiger partial charge in [0.2, 0.25) is 11.7 Å². The van der Waals surface area contributed by atoms with Crippen LogP contribution in [0.15, 0.2) is 82.5 Å². The summed E-state index contributed by atoms with van der Waals surface area (Å²) in [7, 11) is 3.19. The Balaban J connectivity index is 1.42. The zero-order valence-electron chi connectivity index (χ0n) is 19.5. The summed E-state index contributed by atoms with van der Waals surface area (Å²) >= 11 is 1.49. The molecule has 0 aliphatic heterocycles. The van der Waals surface area contributed by atoms with Crippen LogP contribution in [0, 0.1) is 6.92 Å². The molecule has 0 spiro atoms. The highest BCUT2D eigenvalue weighted by Gasteiger charge is 2.18. The molecule has 9 heteroatoms. The third kappa shape index (κ3) is 4.76. The first-order valence-electron chi connectivity index (χ1n) is 10.9. The number of methoxy groups -OCH3 is 2. The molecule has 0 unspecified atom stereocenters. The lowest BCUT2D eigenvalue weighted by Crippen LogP contribution is -2.00. The highest BCUT2D eigenvalue weighted by molar-refractivity contribution is 7.98. The van der Waals surface area contributed by atoms with Crippen molar-refractivity contribution in [3.8, 4) is 40.0 Å². The van der Waals surface area contributed by atoms with Crippen LogP contribution in [-0.2, 0) is 5.75 Å². The first-order chi connectivity index (χ1) is 17.2. The quantitative estimate of drug-likeness (QED) is 0.262. The zero-order valence-corrected chi connectivity index (χ0v) is 20.3. The Morgan fingerprint density at radius 2 is 1.69 bits per heavy atom. The van der Waals surface area contributed by atoms with Crippen LogP contribution >= 0.6 is 11.8 Å². The van der Waals surface area contributed by atoms with Crippen molar-refractivity contribution in [2.75, 3.05) is 14.2 Å². The van der Waals surface area contributed by atoms with Crippen LogP contribution < -0.4 is 9.47 Å². The van der Waals surface area contributed by atoms with E-state index in [1.54, 1.807) is 14.2 Å². The molecule has 0 saturated carbocycles. The molecule has 0 fully saturated rings. The highest BCUT2D eigenvalue weighted by atomic mass is 32.2. The van der Waals surface area contributed by atoms with Crippen molar-refractivity contribution in [3.05, 3.63) is 84.3 Å². The van der Waals surface area contributed by atoms with Crippen molar-refractivity contribution in [2.24, 2.45) is 0 Å². The Labute approximate surface area is 206 Å². The lowest BCUT2D eigenvalue weighted by Gasteiger charge is -2.10. The molecule has 5 aromatic rings. The fourth-order valence-corrected chi connectivity index (χ4v) is 4.46. The number of thioether (sulfide) groups is 1. The molecule has 5 rings (SSSR count). The molecule has 0 N–H and O–H groups in total. The van der Waals surface area contributed by atoms with E-state index in [0.717, 1.165) is 33.4 Å². The normalized spacial score (nSPS) is 10.9. The van der Waals surface area contributed by atoms with Crippen LogP contribution in [0.4, 0.5) is 0 Å². The molecule has 0 atom stereocenters. The maximum absolute atomic E-state index is 5.52. The molecule has 2 heterocycles. The largest absolute Gasteiger partial charge is 0.493 e. The Hall–Kier alpha value is -4.11. The highest BCUT2D eigenvalue weighted by Crippen LogP contribution is 2.33. The topological polar surface area (TPSA) is 88.1 Å². The predicted octanol–water partition coefficient (Wildman–Crippen LogP) is 5.60. The Bertz CT molecular complexity index is 1450. The fraction of sp³-hybridized carbons (Fsp3) is 0.154. The third-order valence-corrected chi connectivity index (χ3v) is 6.27. The number of rotatable bonds is 8. The lowest BCUT2D eigenvalue weighted by atomic mass is 10.2. The van der Waals surface area contributed by atoms with E-state index in [-0.39, 0.29) is 0 Å². The van der Waals surface area contributed by atoms with Gasteiger partial charge in [0, 0.05) is 16.8 Å². The van der Waals surface area contributed by atoms with Crippen molar-refractivity contribution in [1.29, 1.82) is 0 Å². The van der Waals surface area contributed by atoms with Crippen molar-refractivity contribution >= 4 is 11.8 Å². The summed E-state index contributed by atoms with van der Waals surface area (Å²) in [6.45, 7) is 2.07. The lowest BCUT2D eigenvalue weighted by molar-refractivity contribution is 0.355. The van der Waals surface area contributed by atoms with E-state index in [1.807, 2.05) is 54.6 Å². The number of hydrogen-bond donors (Lipinski definition) is 0. The smallest absolute Gasteiger partial charge is 0.237 e. The van der Waals surface area contributed by atoms with Crippen molar-refractivity contribution in [2.45, 2.75) is 17.8 Å². The Morgan fingerprint density at radius 3 is 2.46 bits per heavy atom. The molecule has 8 nitrogen and oxygen atoms in total. The maximum Gasteiger partial charge on any atom is 0.237 e. The second-order valence-corrected chi connectivity index (χ2v) is 8.66. The fourth-order valence-electron chi connectivity index (χ4n) is 3.67. The van der Waals surface area contributed by atoms with E-state index in [0.29, 0.717) is 29.0 Å². The first kappa shape index (κ1) is 22.7. The number of ether oxygens (including phenoxy) is 2. The Kier molecular flexibility index (Phi) is 6.49. The van der Waals surface area contributed by atoms with Crippen LogP contribution in [0.3, 0.4) is 0 Å². The molecule has 2 aromatic heterocycles. The molecule has 0 aliphatic rings. The van der Waals surface area contributed by atoms with Crippen molar-refractivity contribution < 1.29 is 14.0 Å². The average Bonchev–Trinajstić information content (AvgIpc) is 3.55. The van der Waals surface area contributed by atoms with Gasteiger partial charge in [0.1, 0.15) is 0 Å². The van der Waals surface area contributed by atoms with E-state index in [2.05, 4.69) is 50.0 Å². The van der Waals surface area contributed by atoms with Gasteiger partial charge in [-0.2, -0.15) is 4.98 Å². The summed E-state index contributed by atoms with van der Waals surface area (Å²) in [4.78, 5) is 4.56. The van der Waals surface area contributed by atoms with Crippen molar-refractivity contribution in [3.63, 3.8) is 0 Å². The third-order valence-electron chi connectivity index (χ3n) is 5.36. The van der Waals surface area contributed by atoms with Gasteiger partial charge in [-0.3, -0.25) is 4.57 Å². The predicted molar refractivity (Wildman–Crippen MR) is 134 cm³/mol. The van der Waals surface area contributed by atoms with E-state index >= 15 is 0 Å². The summed E-state index contributed by atoms with van der Waals surface area (Å²) in [5.74, 6) is 3.42. The van der Waals surface area contributed by atoms with Gasteiger partial charge in [0.05, 0.1) is 20.0 Å². The van der Waals surface area contributed by atoms with Crippen LogP contribution in [0.5, 0.6) is 11.5 Å². The van der Waals surface area contributed by atoms with E-state index in [4.69, 9.17) is 14.0 Å². The van der Waals surface area contributed by atoms with Crippen LogP contribution in [0.1, 0.15) is 11.5 Å². The Morgan fingerprint density at radius 1 is 0.857 bits per heavy atom. The number of hydrogen-bond acceptors (Lipinski definition) is 8. The van der Waals surface area contributed by atoms with Crippen LogP contribution in [-0.4, -0.2) is 39.1 Å². The molecule has 35 heavy (non-hydrogen) atoms. The van der Waals surface area contributed by atoms with Gasteiger partial charge in [-0.1, -0.05) is 59.4 Å². The molecule has 0 radical (unpaired) electrons. The van der Waals surface area contributed by atoms with Crippen LogP contribution in [0.2, 0.25) is 0 Å². The van der Waals surface area contributed by atoms with Gasteiger partial charge >= 0.3 is 0 Å². The zero-order chi connectivity index (χ0) is 24.2. The van der Waals surface area contributed by atoms with E-state index < -0.39 is 0 Å². The summed E-state index contributed by atoms with van der Waals surface area (Å²) in [6, 6.07) is 23.8. The molecule has 0 saturated heterocycles. The summed E-state index contributed by atoms with van der Waals surface area (Å²) in [6.07, 6.45) is 0. The monoisotopic (exact) mass is 485 g/mol. The second-order valence-electron chi connectivity index (χ2n) is 7.72. The van der Waals surface area contributed by atoms with Crippen molar-refractivity contribution in [1.82, 2.24) is 24.9 Å². The molecule has 176 valence electrons. The van der Waals surface area contributed by atoms with Gasteiger partial charge in [0.25, 0.3) is 0 Å². The van der Waals surface area contributed by atoms with Gasteiger partial charge in [-0.25, -0.2) is 0 Å². The van der Waals surface area contributed by atoms with Crippen LogP contribution in [0.25, 0.3) is 28.5 Å². The van der Waals surface area contributed by atoms with Gasteiger partial charge in [-0.05, 0) is 42.8 Å². The minimum atomic E-state index is 0.443. The molecular weight excluding hydrogens is 462 g/mol. The first-order valence-corrected chi connectivity index (χ1v) is 11.9. The number of aromatic nitrogens is 5. The number of nitrogens with zero attached hydrogens (tertiary/aromatic N) is 5. The number of benzene rings is 3. The minimum Gasteiger partial charge on any atom is -0.493 e. The average molecular weight is 486 g/mol. The summed E-state index contributed by atoms with van der Waals surface area (Å²) in [5, 5.41) is 13.8. The molecule has 0 bridgehead atoms. The molecule has 3 aromatic carbocycles. The van der Waals surface area contributed by atoms with E-state index in [1.165, 1.54) is 11.8 Å². The molecular formula is C26H23N5O3S. The molecule has 0 aliphatic carbocycles. The second kappa shape index (κ2) is 10.0. The standard InChI is InChI=1S/C26H23N5O3S/c1-17-8-7-11-20(14-17)31-25(18-9-5-4-6-10-18)28-29-26(31)35-16-23-27-24(30-34-23)19-12-13-21(32-2)22(15-19)33-3/h4-15H,16H2,1-3H3. The SMILES string of the molecule is COc1ccc(-c2noc(CSc3nnc(-c4ccccc4)n3-c3cccc(C)c3)n2)cc1OC. The van der Waals surface area contributed by atoms with Gasteiger partial charge < -0.3 is 14.0 Å². The minimum absolute atomic E-state index is 0.443.